The Labute approximate surface area is 162 Å². The highest BCUT2D eigenvalue weighted by Crippen LogP contribution is 2.27. The number of anilines is 2. The average molecular weight is 363 g/mol. The zero-order chi connectivity index (χ0) is 18.8. The van der Waals surface area contributed by atoms with E-state index < -0.39 is 0 Å². The predicted octanol–water partition coefficient (Wildman–Crippen LogP) is 4.72. The smallest absolute Gasteiger partial charge is 0.206 e. The molecule has 1 fully saturated rings. The van der Waals surface area contributed by atoms with E-state index in [0.717, 1.165) is 44.2 Å². The van der Waals surface area contributed by atoms with Crippen LogP contribution in [0.5, 0.6) is 0 Å². The Kier molecular flexibility index (Phi) is 5.06. The first kappa shape index (κ1) is 17.9. The number of fused-ring (bicyclic) bond motifs is 1. The highest BCUT2D eigenvalue weighted by atomic mass is 15.4. The van der Waals surface area contributed by atoms with Crippen molar-refractivity contribution in [2.75, 3.05) is 36.0 Å². The number of para-hydroxylation sites is 3. The van der Waals surface area contributed by atoms with E-state index in [-0.39, 0.29) is 0 Å². The van der Waals surface area contributed by atoms with Crippen LogP contribution in [0.25, 0.3) is 11.0 Å². The molecule has 0 radical (unpaired) electrons. The van der Waals surface area contributed by atoms with Crippen molar-refractivity contribution in [2.24, 2.45) is 5.92 Å². The van der Waals surface area contributed by atoms with Gasteiger partial charge in [0.2, 0.25) is 5.95 Å². The summed E-state index contributed by atoms with van der Waals surface area (Å²) in [6.07, 6.45) is 1.18. The third-order valence-corrected chi connectivity index (χ3v) is 5.58. The van der Waals surface area contributed by atoms with Crippen LogP contribution < -0.4 is 9.80 Å². The number of nitrogens with zero attached hydrogens (tertiary/aromatic N) is 4. The monoisotopic (exact) mass is 362 g/mol. The number of aromatic nitrogens is 2. The molecule has 1 saturated heterocycles. The molecule has 3 aromatic rings. The topological polar surface area (TPSA) is 24.3 Å². The molecule has 0 spiro atoms. The van der Waals surface area contributed by atoms with Crippen molar-refractivity contribution in [2.45, 2.75) is 33.7 Å². The first-order chi connectivity index (χ1) is 13.1. The number of benzene rings is 2. The van der Waals surface area contributed by atoms with Crippen LogP contribution >= 0.6 is 0 Å². The molecule has 0 aliphatic carbocycles. The van der Waals surface area contributed by atoms with E-state index in [2.05, 4.69) is 83.7 Å². The van der Waals surface area contributed by atoms with Crippen LogP contribution in [-0.2, 0) is 6.54 Å². The van der Waals surface area contributed by atoms with E-state index in [1.54, 1.807) is 0 Å². The van der Waals surface area contributed by atoms with Gasteiger partial charge in [-0.3, -0.25) is 0 Å². The molecule has 4 nitrogen and oxygen atoms in total. The fourth-order valence-corrected chi connectivity index (χ4v) is 3.98. The summed E-state index contributed by atoms with van der Waals surface area (Å²) in [5.74, 6) is 1.83. The van der Waals surface area contributed by atoms with E-state index >= 15 is 0 Å². The van der Waals surface area contributed by atoms with Gasteiger partial charge in [-0.05, 0) is 43.0 Å². The normalized spacial score (nSPS) is 15.1. The maximum atomic E-state index is 5.00. The first-order valence-corrected chi connectivity index (χ1v) is 10.1. The summed E-state index contributed by atoms with van der Waals surface area (Å²) >= 11 is 0. The second kappa shape index (κ2) is 7.63. The Morgan fingerprint density at radius 2 is 1.56 bits per heavy atom. The standard InChI is InChI=1S/C23H30N4/c1-18(2)12-13-27-22-11-7-5-9-20(22)24-23(27)26-16-14-25(15-17-26)21-10-6-4-8-19(21)3/h4-11,18H,12-17H2,1-3H3. The van der Waals surface area contributed by atoms with Crippen LogP contribution in [-0.4, -0.2) is 35.7 Å². The van der Waals surface area contributed by atoms with Crippen molar-refractivity contribution in [3.63, 3.8) is 0 Å². The van der Waals surface area contributed by atoms with Crippen LogP contribution in [0.2, 0.25) is 0 Å². The van der Waals surface area contributed by atoms with Gasteiger partial charge in [0.15, 0.2) is 0 Å². The Hall–Kier alpha value is -2.49. The highest BCUT2D eigenvalue weighted by molar-refractivity contribution is 5.79. The summed E-state index contributed by atoms with van der Waals surface area (Å²) in [5.41, 5.74) is 5.09. The Balaban J connectivity index is 1.56. The minimum atomic E-state index is 0.692. The molecule has 1 aromatic heterocycles. The molecule has 142 valence electrons. The number of aryl methyl sites for hydroxylation is 2. The molecule has 4 rings (SSSR count). The fraction of sp³-hybridized carbons (Fsp3) is 0.435. The second-order valence-corrected chi connectivity index (χ2v) is 8.00. The number of imidazole rings is 1. The summed E-state index contributed by atoms with van der Waals surface area (Å²) in [7, 11) is 0. The maximum Gasteiger partial charge on any atom is 0.206 e. The number of piperazine rings is 1. The molecule has 0 atom stereocenters. The minimum Gasteiger partial charge on any atom is -0.368 e. The lowest BCUT2D eigenvalue weighted by molar-refractivity contribution is 0.516. The van der Waals surface area contributed by atoms with Gasteiger partial charge in [0, 0.05) is 38.4 Å². The molecule has 0 N–H and O–H groups in total. The van der Waals surface area contributed by atoms with Crippen LogP contribution in [0.3, 0.4) is 0 Å². The van der Waals surface area contributed by atoms with Crippen molar-refractivity contribution < 1.29 is 0 Å². The number of hydrogen-bond donors (Lipinski definition) is 0. The summed E-state index contributed by atoms with van der Waals surface area (Å²) in [6, 6.07) is 17.2. The Morgan fingerprint density at radius 1 is 0.889 bits per heavy atom. The lowest BCUT2D eigenvalue weighted by Gasteiger charge is -2.37. The van der Waals surface area contributed by atoms with Crippen molar-refractivity contribution >= 4 is 22.7 Å². The summed E-state index contributed by atoms with van der Waals surface area (Å²) in [5, 5.41) is 0. The molecule has 0 unspecified atom stereocenters. The zero-order valence-electron chi connectivity index (χ0n) is 16.7. The maximum absolute atomic E-state index is 5.00. The molecule has 2 heterocycles. The fourth-order valence-electron chi connectivity index (χ4n) is 3.98. The summed E-state index contributed by atoms with van der Waals surface area (Å²) < 4.78 is 2.43. The summed E-state index contributed by atoms with van der Waals surface area (Å²) in [4.78, 5) is 9.97. The van der Waals surface area contributed by atoms with Gasteiger partial charge in [0.25, 0.3) is 0 Å². The number of rotatable bonds is 5. The van der Waals surface area contributed by atoms with Crippen molar-refractivity contribution in [1.82, 2.24) is 9.55 Å². The quantitative estimate of drug-likeness (QED) is 0.656. The second-order valence-electron chi connectivity index (χ2n) is 8.00. The molecule has 27 heavy (non-hydrogen) atoms. The van der Waals surface area contributed by atoms with Crippen LogP contribution in [0.1, 0.15) is 25.8 Å². The molecular weight excluding hydrogens is 332 g/mol. The van der Waals surface area contributed by atoms with Gasteiger partial charge >= 0.3 is 0 Å². The van der Waals surface area contributed by atoms with Gasteiger partial charge in [-0.15, -0.1) is 0 Å². The van der Waals surface area contributed by atoms with Gasteiger partial charge in [-0.1, -0.05) is 44.2 Å². The molecule has 0 amide bonds. The van der Waals surface area contributed by atoms with Gasteiger partial charge in [0.1, 0.15) is 0 Å². The zero-order valence-corrected chi connectivity index (χ0v) is 16.7. The van der Waals surface area contributed by atoms with E-state index in [4.69, 9.17) is 4.98 Å². The SMILES string of the molecule is Cc1ccccc1N1CCN(c2nc3ccccc3n2CCC(C)C)CC1. The van der Waals surface area contributed by atoms with Crippen molar-refractivity contribution in [3.05, 3.63) is 54.1 Å². The highest BCUT2D eigenvalue weighted by Gasteiger charge is 2.23. The van der Waals surface area contributed by atoms with Crippen LogP contribution in [0.15, 0.2) is 48.5 Å². The minimum absolute atomic E-state index is 0.692. The van der Waals surface area contributed by atoms with Gasteiger partial charge in [0.05, 0.1) is 11.0 Å². The third-order valence-electron chi connectivity index (χ3n) is 5.58. The van der Waals surface area contributed by atoms with Crippen LogP contribution in [0, 0.1) is 12.8 Å². The predicted molar refractivity (Wildman–Crippen MR) is 115 cm³/mol. The number of hydrogen-bond acceptors (Lipinski definition) is 3. The third kappa shape index (κ3) is 3.66. The van der Waals surface area contributed by atoms with Gasteiger partial charge < -0.3 is 14.4 Å². The molecule has 2 aromatic carbocycles. The average Bonchev–Trinajstić information content (AvgIpc) is 3.05. The molecule has 1 aliphatic rings. The molecule has 0 saturated carbocycles. The summed E-state index contributed by atoms with van der Waals surface area (Å²) in [6.45, 7) is 11.9. The van der Waals surface area contributed by atoms with Crippen LogP contribution in [0.4, 0.5) is 11.6 Å². The van der Waals surface area contributed by atoms with E-state index in [0.29, 0.717) is 5.92 Å². The van der Waals surface area contributed by atoms with E-state index in [9.17, 15) is 0 Å². The molecule has 1 aliphatic heterocycles. The van der Waals surface area contributed by atoms with Crippen molar-refractivity contribution in [1.29, 1.82) is 0 Å². The lowest BCUT2D eigenvalue weighted by Crippen LogP contribution is -2.47. The van der Waals surface area contributed by atoms with E-state index in [1.165, 1.54) is 23.2 Å². The lowest BCUT2D eigenvalue weighted by atomic mass is 10.1. The molecule has 0 bridgehead atoms. The largest absolute Gasteiger partial charge is 0.368 e. The van der Waals surface area contributed by atoms with E-state index in [1.807, 2.05) is 0 Å². The first-order valence-electron chi connectivity index (χ1n) is 10.1. The van der Waals surface area contributed by atoms with Gasteiger partial charge in [-0.25, -0.2) is 4.98 Å². The molecular formula is C23H30N4. The van der Waals surface area contributed by atoms with Crippen molar-refractivity contribution in [3.8, 4) is 0 Å². The molecule has 4 heteroatoms. The Morgan fingerprint density at radius 3 is 2.30 bits per heavy atom. The van der Waals surface area contributed by atoms with Gasteiger partial charge in [-0.2, -0.15) is 0 Å². The Bertz CT molecular complexity index is 904.